The summed E-state index contributed by atoms with van der Waals surface area (Å²) >= 11 is 1.80. The van der Waals surface area contributed by atoms with Crippen molar-refractivity contribution in [1.29, 1.82) is 5.41 Å². The van der Waals surface area contributed by atoms with E-state index in [0.29, 0.717) is 12.1 Å². The normalized spacial score (nSPS) is 20.5. The maximum absolute atomic E-state index is 7.82. The molecule has 0 amide bonds. The van der Waals surface area contributed by atoms with E-state index in [9.17, 15) is 0 Å². The Morgan fingerprint density at radius 3 is 2.73 bits per heavy atom. The Bertz CT molecular complexity index is 835. The Morgan fingerprint density at radius 1 is 1.23 bits per heavy atom. The van der Waals surface area contributed by atoms with Crippen molar-refractivity contribution < 1.29 is 0 Å². The van der Waals surface area contributed by atoms with Crippen LogP contribution in [0, 0.1) is 5.41 Å². The first kappa shape index (κ1) is 17.4. The monoisotopic (exact) mass is 366 g/mol. The number of hydrogen-bond donors (Lipinski definition) is 2. The summed E-state index contributed by atoms with van der Waals surface area (Å²) in [6, 6.07) is 15.7. The van der Waals surface area contributed by atoms with Crippen molar-refractivity contribution in [1.82, 2.24) is 4.90 Å². The smallest absolute Gasteiger partial charge is 0.122 e. The zero-order valence-corrected chi connectivity index (χ0v) is 16.2. The molecule has 0 spiro atoms. The summed E-state index contributed by atoms with van der Waals surface area (Å²) in [6.07, 6.45) is 2.59. The lowest BCUT2D eigenvalue weighted by atomic mass is 10.1. The van der Waals surface area contributed by atoms with E-state index in [-0.39, 0.29) is 5.84 Å². The molecule has 0 bridgehead atoms. The number of para-hydroxylation sites is 1. The first-order chi connectivity index (χ1) is 12.5. The average molecular weight is 367 g/mol. The van der Waals surface area contributed by atoms with Crippen LogP contribution in [0.25, 0.3) is 0 Å². The van der Waals surface area contributed by atoms with Crippen LogP contribution in [0.3, 0.4) is 0 Å². The topological polar surface area (TPSA) is 56.4 Å². The molecular formula is C21H26N4S. The number of nitrogens with zero attached hydrogens (tertiary/aromatic N) is 2. The van der Waals surface area contributed by atoms with E-state index in [1.54, 1.807) is 11.8 Å². The van der Waals surface area contributed by atoms with Gasteiger partial charge < -0.3 is 10.6 Å². The highest BCUT2D eigenvalue weighted by Gasteiger charge is 2.30. The zero-order chi connectivity index (χ0) is 18.3. The highest BCUT2D eigenvalue weighted by atomic mass is 32.2. The van der Waals surface area contributed by atoms with E-state index in [4.69, 9.17) is 11.1 Å². The van der Waals surface area contributed by atoms with Crippen LogP contribution in [0.5, 0.6) is 0 Å². The van der Waals surface area contributed by atoms with Gasteiger partial charge in [0.1, 0.15) is 5.84 Å². The van der Waals surface area contributed by atoms with E-state index < -0.39 is 0 Å². The summed E-state index contributed by atoms with van der Waals surface area (Å²) in [6.45, 7) is 6.88. The maximum Gasteiger partial charge on any atom is 0.122 e. The van der Waals surface area contributed by atoms with Crippen molar-refractivity contribution in [3.8, 4) is 0 Å². The number of amidine groups is 1. The zero-order valence-electron chi connectivity index (χ0n) is 15.4. The number of nitrogens with one attached hydrogen (secondary N) is 1. The second-order valence-corrected chi connectivity index (χ2v) is 8.45. The molecule has 0 radical (unpaired) electrons. The summed E-state index contributed by atoms with van der Waals surface area (Å²) in [7, 11) is 0. The molecular weight excluding hydrogens is 340 g/mol. The van der Waals surface area contributed by atoms with Gasteiger partial charge in [0.25, 0.3) is 0 Å². The molecule has 4 rings (SSSR count). The van der Waals surface area contributed by atoms with Gasteiger partial charge in [0.15, 0.2) is 0 Å². The van der Waals surface area contributed by atoms with Crippen LogP contribution in [0.15, 0.2) is 52.3 Å². The van der Waals surface area contributed by atoms with Gasteiger partial charge in [0.05, 0.1) is 11.4 Å². The predicted molar refractivity (Wildman–Crippen MR) is 110 cm³/mol. The first-order valence-electron chi connectivity index (χ1n) is 9.33. The molecule has 5 heteroatoms. The van der Waals surface area contributed by atoms with Gasteiger partial charge in [-0.3, -0.25) is 10.3 Å². The molecule has 2 aliphatic heterocycles. The van der Waals surface area contributed by atoms with Crippen LogP contribution >= 0.6 is 11.8 Å². The summed E-state index contributed by atoms with van der Waals surface area (Å²) in [5, 5.41) is 7.82. The number of nitrogens with two attached hydrogens (primary N) is 1. The molecule has 2 heterocycles. The maximum atomic E-state index is 7.82. The molecule has 2 aromatic carbocycles. The average Bonchev–Trinajstić information content (AvgIpc) is 3.03. The standard InChI is InChI=1S/C21H26N4S/c1-14-6-5-11-24(14)13-15(2)25-17-7-3-4-8-19(17)26-20-10-9-16(21(22)23)12-18(20)25/h3-4,7-10,12,14-15H,5-6,11,13H2,1-2H3,(H3,22,23)/t14?,15-/m1/s1. The third-order valence-corrected chi connectivity index (χ3v) is 6.63. The molecule has 0 saturated carbocycles. The fourth-order valence-electron chi connectivity index (χ4n) is 4.11. The molecule has 2 aromatic rings. The minimum Gasteiger partial charge on any atom is -0.384 e. The van der Waals surface area contributed by atoms with Crippen molar-refractivity contribution in [2.45, 2.75) is 48.6 Å². The quantitative estimate of drug-likeness (QED) is 0.620. The van der Waals surface area contributed by atoms with Crippen molar-refractivity contribution in [3.05, 3.63) is 48.0 Å². The number of likely N-dealkylation sites (tertiary alicyclic amines) is 1. The van der Waals surface area contributed by atoms with E-state index in [2.05, 4.69) is 60.0 Å². The second-order valence-electron chi connectivity index (χ2n) is 7.37. The van der Waals surface area contributed by atoms with Crippen LogP contribution in [-0.2, 0) is 0 Å². The molecule has 0 aromatic heterocycles. The second kappa shape index (κ2) is 6.97. The number of fused-ring (bicyclic) bond motifs is 2. The van der Waals surface area contributed by atoms with Crippen LogP contribution in [-0.4, -0.2) is 35.9 Å². The van der Waals surface area contributed by atoms with Gasteiger partial charge in [-0.1, -0.05) is 30.0 Å². The third kappa shape index (κ3) is 3.10. The highest BCUT2D eigenvalue weighted by Crippen LogP contribution is 2.49. The van der Waals surface area contributed by atoms with Crippen molar-refractivity contribution in [2.24, 2.45) is 5.73 Å². The van der Waals surface area contributed by atoms with Gasteiger partial charge in [-0.15, -0.1) is 0 Å². The van der Waals surface area contributed by atoms with Crippen molar-refractivity contribution >= 4 is 29.0 Å². The van der Waals surface area contributed by atoms with E-state index in [1.165, 1.54) is 40.6 Å². The molecule has 1 saturated heterocycles. The van der Waals surface area contributed by atoms with Gasteiger partial charge in [-0.05, 0) is 57.5 Å². The minimum atomic E-state index is 0.123. The third-order valence-electron chi connectivity index (χ3n) is 5.50. The molecule has 136 valence electrons. The molecule has 0 aliphatic carbocycles. The van der Waals surface area contributed by atoms with Crippen LogP contribution in [0.2, 0.25) is 0 Å². The van der Waals surface area contributed by atoms with E-state index in [0.717, 1.165) is 12.1 Å². The number of nitrogen functional groups attached to an aromatic ring is 1. The lowest BCUT2D eigenvalue weighted by Gasteiger charge is -2.39. The summed E-state index contributed by atoms with van der Waals surface area (Å²) < 4.78 is 0. The Morgan fingerprint density at radius 2 is 2.00 bits per heavy atom. The van der Waals surface area contributed by atoms with E-state index in [1.807, 2.05) is 6.07 Å². The SMILES string of the molecule is CC1CCCN1C[C@@H](C)N1c2ccccc2Sc2ccc(C(=N)N)cc21. The molecule has 1 fully saturated rings. The number of benzene rings is 2. The Hall–Kier alpha value is -1.98. The molecule has 1 unspecified atom stereocenters. The fourth-order valence-corrected chi connectivity index (χ4v) is 5.16. The largest absolute Gasteiger partial charge is 0.384 e. The number of rotatable bonds is 4. The lowest BCUT2D eigenvalue weighted by molar-refractivity contribution is 0.255. The Labute approximate surface area is 159 Å². The van der Waals surface area contributed by atoms with Gasteiger partial charge in [0, 0.05) is 34.0 Å². The lowest BCUT2D eigenvalue weighted by Crippen LogP contribution is -2.42. The summed E-state index contributed by atoms with van der Waals surface area (Å²) in [5.41, 5.74) is 8.97. The molecule has 3 N–H and O–H groups in total. The summed E-state index contributed by atoms with van der Waals surface area (Å²) in [5.74, 6) is 0.123. The van der Waals surface area contributed by atoms with E-state index >= 15 is 0 Å². The van der Waals surface area contributed by atoms with Gasteiger partial charge in [-0.2, -0.15) is 0 Å². The molecule has 4 nitrogen and oxygen atoms in total. The van der Waals surface area contributed by atoms with Crippen LogP contribution in [0.4, 0.5) is 11.4 Å². The van der Waals surface area contributed by atoms with Gasteiger partial charge in [0.2, 0.25) is 0 Å². The van der Waals surface area contributed by atoms with Crippen molar-refractivity contribution in [3.63, 3.8) is 0 Å². The summed E-state index contributed by atoms with van der Waals surface area (Å²) in [4.78, 5) is 7.56. The Balaban J connectivity index is 1.74. The Kier molecular flexibility index (Phi) is 4.67. The molecule has 2 aliphatic rings. The first-order valence-corrected chi connectivity index (χ1v) is 10.1. The predicted octanol–water partition coefficient (Wildman–Crippen LogP) is 4.45. The van der Waals surface area contributed by atoms with Crippen LogP contribution in [0.1, 0.15) is 32.3 Å². The van der Waals surface area contributed by atoms with Crippen molar-refractivity contribution in [2.75, 3.05) is 18.0 Å². The molecule has 2 atom stereocenters. The number of hydrogen-bond acceptors (Lipinski definition) is 4. The van der Waals surface area contributed by atoms with Gasteiger partial charge >= 0.3 is 0 Å². The van der Waals surface area contributed by atoms with Gasteiger partial charge in [-0.25, -0.2) is 0 Å². The minimum absolute atomic E-state index is 0.123. The van der Waals surface area contributed by atoms with Crippen LogP contribution < -0.4 is 10.6 Å². The number of anilines is 2. The fraction of sp³-hybridized carbons (Fsp3) is 0.381. The highest BCUT2D eigenvalue weighted by molar-refractivity contribution is 7.99. The molecule has 26 heavy (non-hydrogen) atoms.